The van der Waals surface area contributed by atoms with E-state index in [1.54, 1.807) is 5.57 Å². The van der Waals surface area contributed by atoms with Gasteiger partial charge in [-0.15, -0.1) is 0 Å². The van der Waals surface area contributed by atoms with E-state index in [1.807, 2.05) is 0 Å². The van der Waals surface area contributed by atoms with Crippen molar-refractivity contribution in [3.8, 4) is 0 Å². The first-order chi connectivity index (χ1) is 7.31. The van der Waals surface area contributed by atoms with Gasteiger partial charge in [-0.05, 0) is 49.0 Å². The minimum atomic E-state index is 0.767. The Balaban J connectivity index is 1.86. The molecule has 0 aromatic heterocycles. The van der Waals surface area contributed by atoms with Crippen LogP contribution in [-0.2, 0) is 0 Å². The summed E-state index contributed by atoms with van der Waals surface area (Å²) in [5.41, 5.74) is 1.65. The topological polar surface area (TPSA) is 0 Å². The van der Waals surface area contributed by atoms with Gasteiger partial charge in [-0.25, -0.2) is 0 Å². The van der Waals surface area contributed by atoms with E-state index in [2.05, 4.69) is 32.1 Å². The molecule has 0 nitrogen and oxygen atoms in total. The van der Waals surface area contributed by atoms with Crippen LogP contribution in [-0.4, -0.2) is 0 Å². The molecule has 0 amide bonds. The van der Waals surface area contributed by atoms with Crippen LogP contribution in [0.2, 0.25) is 0 Å². The second kappa shape index (κ2) is 5.01. The summed E-state index contributed by atoms with van der Waals surface area (Å²) < 4.78 is 0. The highest BCUT2D eigenvalue weighted by Crippen LogP contribution is 2.44. The highest BCUT2D eigenvalue weighted by molar-refractivity contribution is 5.28. The van der Waals surface area contributed by atoms with Crippen molar-refractivity contribution in [2.24, 2.45) is 17.8 Å². The van der Waals surface area contributed by atoms with E-state index in [-0.39, 0.29) is 0 Å². The zero-order chi connectivity index (χ0) is 10.7. The van der Waals surface area contributed by atoms with Crippen molar-refractivity contribution < 1.29 is 0 Å². The molecule has 0 heterocycles. The molecular weight excluding hydrogens is 180 g/mol. The molecule has 0 aromatic carbocycles. The standard InChI is InChI=1S/C15H24/c1-3-4-5-13-10-11-15(13)14-8-6-12(2)7-9-14/h6,8-9,12-13,15H,3-5,7,10-11H2,1-2H3. The maximum atomic E-state index is 2.49. The normalized spacial score (nSPS) is 34.8. The lowest BCUT2D eigenvalue weighted by atomic mass is 9.66. The number of allylic oxidation sites excluding steroid dienone is 4. The molecule has 2 rings (SSSR count). The van der Waals surface area contributed by atoms with Gasteiger partial charge >= 0.3 is 0 Å². The molecule has 0 aromatic rings. The molecule has 84 valence electrons. The average Bonchev–Trinajstić information content (AvgIpc) is 2.20. The summed E-state index contributed by atoms with van der Waals surface area (Å²) in [6.45, 7) is 4.61. The molecule has 15 heavy (non-hydrogen) atoms. The van der Waals surface area contributed by atoms with Gasteiger partial charge in [0.1, 0.15) is 0 Å². The van der Waals surface area contributed by atoms with E-state index in [4.69, 9.17) is 0 Å². The Labute approximate surface area is 94.5 Å². The van der Waals surface area contributed by atoms with Crippen LogP contribution in [0.1, 0.15) is 52.4 Å². The largest absolute Gasteiger partial charge is 0.0811 e. The van der Waals surface area contributed by atoms with Crippen molar-refractivity contribution >= 4 is 0 Å². The molecule has 0 N–H and O–H groups in total. The zero-order valence-electron chi connectivity index (χ0n) is 10.2. The molecule has 0 radical (unpaired) electrons. The lowest BCUT2D eigenvalue weighted by Crippen LogP contribution is -2.27. The molecule has 3 unspecified atom stereocenters. The Kier molecular flexibility index (Phi) is 3.66. The quantitative estimate of drug-likeness (QED) is 0.621. The molecule has 0 bridgehead atoms. The predicted molar refractivity (Wildman–Crippen MR) is 66.7 cm³/mol. The predicted octanol–water partition coefficient (Wildman–Crippen LogP) is 4.73. The maximum Gasteiger partial charge on any atom is -0.0137 e. The van der Waals surface area contributed by atoms with Crippen LogP contribution in [0.25, 0.3) is 0 Å². The highest BCUT2D eigenvalue weighted by atomic mass is 14.4. The first-order valence-corrected chi connectivity index (χ1v) is 6.69. The van der Waals surface area contributed by atoms with Crippen molar-refractivity contribution in [2.45, 2.75) is 52.4 Å². The lowest BCUT2D eigenvalue weighted by molar-refractivity contribution is 0.198. The van der Waals surface area contributed by atoms with Crippen LogP contribution >= 0.6 is 0 Å². The second-order valence-electron chi connectivity index (χ2n) is 5.36. The second-order valence-corrected chi connectivity index (χ2v) is 5.36. The average molecular weight is 204 g/mol. The molecular formula is C15H24. The number of unbranched alkanes of at least 4 members (excludes halogenated alkanes) is 1. The minimum absolute atomic E-state index is 0.767. The maximum absolute atomic E-state index is 2.49. The third-order valence-corrected chi connectivity index (χ3v) is 4.12. The number of rotatable bonds is 4. The third kappa shape index (κ3) is 2.53. The molecule has 0 heteroatoms. The Morgan fingerprint density at radius 1 is 1.33 bits per heavy atom. The van der Waals surface area contributed by atoms with Crippen LogP contribution < -0.4 is 0 Å². The Morgan fingerprint density at radius 3 is 2.73 bits per heavy atom. The molecule has 1 saturated carbocycles. The van der Waals surface area contributed by atoms with Crippen LogP contribution in [0.5, 0.6) is 0 Å². The van der Waals surface area contributed by atoms with Crippen LogP contribution in [0.15, 0.2) is 23.8 Å². The van der Waals surface area contributed by atoms with Gasteiger partial charge in [-0.2, -0.15) is 0 Å². The summed E-state index contributed by atoms with van der Waals surface area (Å²) >= 11 is 0. The summed E-state index contributed by atoms with van der Waals surface area (Å²) in [5, 5.41) is 0. The van der Waals surface area contributed by atoms with Crippen LogP contribution in [0.3, 0.4) is 0 Å². The van der Waals surface area contributed by atoms with Gasteiger partial charge in [0.2, 0.25) is 0 Å². The van der Waals surface area contributed by atoms with Crippen LogP contribution in [0, 0.1) is 17.8 Å². The summed E-state index contributed by atoms with van der Waals surface area (Å²) in [6.07, 6.45) is 15.7. The van der Waals surface area contributed by atoms with E-state index < -0.39 is 0 Å². The van der Waals surface area contributed by atoms with Gasteiger partial charge in [-0.1, -0.05) is 44.9 Å². The van der Waals surface area contributed by atoms with Gasteiger partial charge in [0.05, 0.1) is 0 Å². The fourth-order valence-corrected chi connectivity index (χ4v) is 2.84. The smallest absolute Gasteiger partial charge is 0.0137 e. The number of hydrogen-bond donors (Lipinski definition) is 0. The first kappa shape index (κ1) is 11.0. The molecule has 0 aliphatic heterocycles. The fraction of sp³-hybridized carbons (Fsp3) is 0.733. The van der Waals surface area contributed by atoms with Gasteiger partial charge in [0.25, 0.3) is 0 Å². The van der Waals surface area contributed by atoms with E-state index in [0.717, 1.165) is 17.8 Å². The van der Waals surface area contributed by atoms with Crippen molar-refractivity contribution in [2.75, 3.05) is 0 Å². The summed E-state index contributed by atoms with van der Waals surface area (Å²) in [7, 11) is 0. The Hall–Kier alpha value is -0.520. The van der Waals surface area contributed by atoms with Crippen molar-refractivity contribution in [1.82, 2.24) is 0 Å². The van der Waals surface area contributed by atoms with Crippen LogP contribution in [0.4, 0.5) is 0 Å². The fourth-order valence-electron chi connectivity index (χ4n) is 2.84. The molecule has 2 aliphatic carbocycles. The SMILES string of the molecule is CCCCC1CCC1C1=CCC(C)C=C1. The molecule has 1 fully saturated rings. The summed E-state index contributed by atoms with van der Waals surface area (Å²) in [4.78, 5) is 0. The van der Waals surface area contributed by atoms with E-state index in [1.165, 1.54) is 38.5 Å². The van der Waals surface area contributed by atoms with Gasteiger partial charge in [0, 0.05) is 0 Å². The molecule has 3 atom stereocenters. The number of hydrogen-bond acceptors (Lipinski definition) is 0. The molecule has 0 saturated heterocycles. The minimum Gasteiger partial charge on any atom is -0.0811 e. The van der Waals surface area contributed by atoms with E-state index in [0.29, 0.717) is 0 Å². The molecule has 2 aliphatic rings. The Morgan fingerprint density at radius 2 is 2.20 bits per heavy atom. The van der Waals surface area contributed by atoms with Crippen molar-refractivity contribution in [1.29, 1.82) is 0 Å². The van der Waals surface area contributed by atoms with Gasteiger partial charge in [0.15, 0.2) is 0 Å². The highest BCUT2D eigenvalue weighted by Gasteiger charge is 2.32. The monoisotopic (exact) mass is 204 g/mol. The summed E-state index contributed by atoms with van der Waals surface area (Å²) in [6, 6.07) is 0. The zero-order valence-corrected chi connectivity index (χ0v) is 10.2. The van der Waals surface area contributed by atoms with E-state index >= 15 is 0 Å². The van der Waals surface area contributed by atoms with Crippen molar-refractivity contribution in [3.05, 3.63) is 23.8 Å². The summed E-state index contributed by atoms with van der Waals surface area (Å²) in [5.74, 6) is 2.69. The third-order valence-electron chi connectivity index (χ3n) is 4.12. The van der Waals surface area contributed by atoms with Gasteiger partial charge in [-0.3, -0.25) is 0 Å². The molecule has 0 spiro atoms. The van der Waals surface area contributed by atoms with Gasteiger partial charge < -0.3 is 0 Å². The van der Waals surface area contributed by atoms with Crippen molar-refractivity contribution in [3.63, 3.8) is 0 Å². The lowest BCUT2D eigenvalue weighted by Gasteiger charge is -2.38. The first-order valence-electron chi connectivity index (χ1n) is 6.69. The van der Waals surface area contributed by atoms with E-state index in [9.17, 15) is 0 Å². The Bertz CT molecular complexity index is 259.